The second kappa shape index (κ2) is 4.06. The minimum Gasteiger partial charge on any atom is -0.398 e. The number of carbonyl (C=O) groups excluding carboxylic acids is 1. The lowest BCUT2D eigenvalue weighted by molar-refractivity contribution is 0.102. The quantitative estimate of drug-likeness (QED) is 0.666. The molecule has 0 aliphatic heterocycles. The number of nitrogens with one attached hydrogen (secondary N) is 2. The minimum absolute atomic E-state index is 0.267. The maximum atomic E-state index is 11.8. The van der Waals surface area contributed by atoms with Crippen LogP contribution in [0.4, 0.5) is 11.6 Å². The molecule has 0 spiro atoms. The Labute approximate surface area is 92.7 Å². The van der Waals surface area contributed by atoms with Crippen LogP contribution in [0.1, 0.15) is 15.9 Å². The van der Waals surface area contributed by atoms with E-state index >= 15 is 0 Å². The van der Waals surface area contributed by atoms with Crippen molar-refractivity contribution in [1.29, 1.82) is 0 Å². The van der Waals surface area contributed by atoms with Gasteiger partial charge in [0.05, 0.1) is 5.56 Å². The molecule has 2 aromatic rings. The Kier molecular flexibility index (Phi) is 2.59. The second-order valence-corrected chi connectivity index (χ2v) is 3.43. The standard InChI is InChI=1S/C11H12N4O/c1-7-3-2-4-8(9(7)12)10(16)15-11-13-5-6-14-11/h2-6H,12H2,1H3,(H2,13,14,15,16). The Balaban J connectivity index is 2.24. The number of amides is 1. The number of aromatic nitrogens is 2. The second-order valence-electron chi connectivity index (χ2n) is 3.43. The first-order valence-electron chi connectivity index (χ1n) is 4.84. The zero-order chi connectivity index (χ0) is 11.5. The van der Waals surface area contributed by atoms with E-state index in [0.29, 0.717) is 17.2 Å². The summed E-state index contributed by atoms with van der Waals surface area (Å²) in [6, 6.07) is 5.34. The van der Waals surface area contributed by atoms with E-state index in [0.717, 1.165) is 5.56 Å². The van der Waals surface area contributed by atoms with Gasteiger partial charge in [0.15, 0.2) is 0 Å². The topological polar surface area (TPSA) is 83.8 Å². The summed E-state index contributed by atoms with van der Waals surface area (Å²) in [7, 11) is 0. The highest BCUT2D eigenvalue weighted by molar-refractivity contribution is 6.07. The van der Waals surface area contributed by atoms with Gasteiger partial charge in [-0.3, -0.25) is 10.1 Å². The van der Waals surface area contributed by atoms with E-state index < -0.39 is 0 Å². The number of aryl methyl sites for hydroxylation is 1. The van der Waals surface area contributed by atoms with Gasteiger partial charge in [0.1, 0.15) is 0 Å². The third kappa shape index (κ3) is 1.88. The molecular formula is C11H12N4O. The van der Waals surface area contributed by atoms with E-state index in [4.69, 9.17) is 5.73 Å². The van der Waals surface area contributed by atoms with Gasteiger partial charge < -0.3 is 10.7 Å². The van der Waals surface area contributed by atoms with Crippen molar-refractivity contribution in [3.8, 4) is 0 Å². The van der Waals surface area contributed by atoms with Crippen molar-refractivity contribution in [2.45, 2.75) is 6.92 Å². The molecule has 0 fully saturated rings. The molecule has 82 valence electrons. The van der Waals surface area contributed by atoms with Gasteiger partial charge in [0.25, 0.3) is 5.91 Å². The number of para-hydroxylation sites is 1. The van der Waals surface area contributed by atoms with Crippen molar-refractivity contribution in [2.75, 3.05) is 11.1 Å². The summed E-state index contributed by atoms with van der Waals surface area (Å²) < 4.78 is 0. The molecule has 5 heteroatoms. The van der Waals surface area contributed by atoms with Gasteiger partial charge in [-0.2, -0.15) is 0 Å². The molecular weight excluding hydrogens is 204 g/mol. The largest absolute Gasteiger partial charge is 0.398 e. The van der Waals surface area contributed by atoms with Crippen LogP contribution in [0.25, 0.3) is 0 Å². The van der Waals surface area contributed by atoms with E-state index in [1.54, 1.807) is 24.5 Å². The Morgan fingerprint density at radius 3 is 3.00 bits per heavy atom. The molecule has 0 atom stereocenters. The SMILES string of the molecule is Cc1cccc(C(=O)Nc2ncc[nH]2)c1N. The predicted octanol–water partition coefficient (Wildman–Crippen LogP) is 1.55. The average Bonchev–Trinajstić information content (AvgIpc) is 2.74. The fourth-order valence-electron chi connectivity index (χ4n) is 1.39. The van der Waals surface area contributed by atoms with Gasteiger partial charge in [0, 0.05) is 18.1 Å². The molecule has 16 heavy (non-hydrogen) atoms. The first-order chi connectivity index (χ1) is 7.68. The van der Waals surface area contributed by atoms with Crippen molar-refractivity contribution >= 4 is 17.5 Å². The van der Waals surface area contributed by atoms with Gasteiger partial charge in [-0.25, -0.2) is 4.98 Å². The first kappa shape index (κ1) is 10.2. The number of hydrogen-bond acceptors (Lipinski definition) is 3. The first-order valence-corrected chi connectivity index (χ1v) is 4.84. The zero-order valence-corrected chi connectivity index (χ0v) is 8.82. The zero-order valence-electron chi connectivity index (χ0n) is 8.82. The summed E-state index contributed by atoms with van der Waals surface area (Å²) >= 11 is 0. The predicted molar refractivity (Wildman–Crippen MR) is 62.1 cm³/mol. The molecule has 0 bridgehead atoms. The van der Waals surface area contributed by atoms with E-state index in [2.05, 4.69) is 15.3 Å². The molecule has 0 saturated carbocycles. The third-order valence-corrected chi connectivity index (χ3v) is 2.30. The number of nitrogen functional groups attached to an aromatic ring is 1. The average molecular weight is 216 g/mol. The summed E-state index contributed by atoms with van der Waals surface area (Å²) in [6.07, 6.45) is 3.20. The van der Waals surface area contributed by atoms with Crippen molar-refractivity contribution in [1.82, 2.24) is 9.97 Å². The van der Waals surface area contributed by atoms with E-state index in [-0.39, 0.29) is 5.91 Å². The van der Waals surface area contributed by atoms with Gasteiger partial charge in [0.2, 0.25) is 5.95 Å². The highest BCUT2D eigenvalue weighted by atomic mass is 16.1. The Bertz CT molecular complexity index is 505. The molecule has 1 aromatic carbocycles. The fourth-order valence-corrected chi connectivity index (χ4v) is 1.39. The van der Waals surface area contributed by atoms with Gasteiger partial charge >= 0.3 is 0 Å². The molecule has 5 nitrogen and oxygen atoms in total. The summed E-state index contributed by atoms with van der Waals surface area (Å²) in [5.41, 5.74) is 7.65. The molecule has 0 radical (unpaired) electrons. The van der Waals surface area contributed by atoms with Crippen LogP contribution >= 0.6 is 0 Å². The number of carbonyl (C=O) groups is 1. The van der Waals surface area contributed by atoms with Crippen LogP contribution in [0.15, 0.2) is 30.6 Å². The Morgan fingerprint density at radius 1 is 1.50 bits per heavy atom. The lowest BCUT2D eigenvalue weighted by Crippen LogP contribution is -2.15. The number of rotatable bonds is 2. The number of nitrogens with two attached hydrogens (primary N) is 1. The summed E-state index contributed by atoms with van der Waals surface area (Å²) in [4.78, 5) is 18.5. The maximum absolute atomic E-state index is 11.8. The fraction of sp³-hybridized carbons (Fsp3) is 0.0909. The molecule has 0 aliphatic carbocycles. The van der Waals surface area contributed by atoms with Crippen molar-refractivity contribution in [3.63, 3.8) is 0 Å². The number of imidazole rings is 1. The number of anilines is 2. The van der Waals surface area contributed by atoms with E-state index in [9.17, 15) is 4.79 Å². The highest BCUT2D eigenvalue weighted by Crippen LogP contribution is 2.17. The highest BCUT2D eigenvalue weighted by Gasteiger charge is 2.11. The van der Waals surface area contributed by atoms with Crippen LogP contribution in [-0.2, 0) is 0 Å². The van der Waals surface area contributed by atoms with Crippen LogP contribution < -0.4 is 11.1 Å². The van der Waals surface area contributed by atoms with Crippen LogP contribution in [-0.4, -0.2) is 15.9 Å². The van der Waals surface area contributed by atoms with Crippen molar-refractivity contribution in [3.05, 3.63) is 41.7 Å². The van der Waals surface area contributed by atoms with Gasteiger partial charge in [-0.1, -0.05) is 12.1 Å². The number of nitrogens with zero attached hydrogens (tertiary/aromatic N) is 1. The third-order valence-electron chi connectivity index (χ3n) is 2.30. The number of hydrogen-bond donors (Lipinski definition) is 3. The molecule has 1 heterocycles. The molecule has 4 N–H and O–H groups in total. The lowest BCUT2D eigenvalue weighted by atomic mass is 10.1. The molecule has 2 rings (SSSR count). The van der Waals surface area contributed by atoms with Crippen LogP contribution in [0.2, 0.25) is 0 Å². The van der Waals surface area contributed by atoms with Crippen LogP contribution in [0, 0.1) is 6.92 Å². The maximum Gasteiger partial charge on any atom is 0.260 e. The molecule has 1 aromatic heterocycles. The Hall–Kier alpha value is -2.30. The van der Waals surface area contributed by atoms with Crippen molar-refractivity contribution < 1.29 is 4.79 Å². The molecule has 1 amide bonds. The molecule has 0 aliphatic rings. The van der Waals surface area contributed by atoms with E-state index in [1.807, 2.05) is 13.0 Å². The van der Waals surface area contributed by atoms with E-state index in [1.165, 1.54) is 0 Å². The Morgan fingerprint density at radius 2 is 2.31 bits per heavy atom. The molecule has 0 saturated heterocycles. The number of aromatic amines is 1. The van der Waals surface area contributed by atoms with Crippen molar-refractivity contribution in [2.24, 2.45) is 0 Å². The van der Waals surface area contributed by atoms with Gasteiger partial charge in [-0.15, -0.1) is 0 Å². The summed E-state index contributed by atoms with van der Waals surface area (Å²) in [5.74, 6) is 0.141. The molecule has 0 unspecified atom stereocenters. The lowest BCUT2D eigenvalue weighted by Gasteiger charge is -2.07. The minimum atomic E-state index is -0.267. The van der Waals surface area contributed by atoms with Crippen LogP contribution in [0.3, 0.4) is 0 Å². The monoisotopic (exact) mass is 216 g/mol. The smallest absolute Gasteiger partial charge is 0.260 e. The normalized spacial score (nSPS) is 10.1. The summed E-state index contributed by atoms with van der Waals surface area (Å²) in [5, 5.41) is 2.62. The number of H-pyrrole nitrogens is 1. The van der Waals surface area contributed by atoms with Gasteiger partial charge in [-0.05, 0) is 18.6 Å². The van der Waals surface area contributed by atoms with Crippen LogP contribution in [0.5, 0.6) is 0 Å². The number of benzene rings is 1. The summed E-state index contributed by atoms with van der Waals surface area (Å²) in [6.45, 7) is 1.86.